The highest BCUT2D eigenvalue weighted by Gasteiger charge is 2.23. The second kappa shape index (κ2) is 6.45. The lowest BCUT2D eigenvalue weighted by Crippen LogP contribution is -2.17. The van der Waals surface area contributed by atoms with E-state index < -0.39 is 16.0 Å². The zero-order chi connectivity index (χ0) is 18.2. The van der Waals surface area contributed by atoms with Crippen molar-refractivity contribution in [1.82, 2.24) is 0 Å². The number of carboxylic acids is 1. The van der Waals surface area contributed by atoms with E-state index in [1.165, 1.54) is 18.2 Å². The summed E-state index contributed by atoms with van der Waals surface area (Å²) in [7, 11) is -3.86. The average molecular weight is 368 g/mol. The number of aryl methyl sites for hydroxylation is 2. The van der Waals surface area contributed by atoms with Gasteiger partial charge in [0.25, 0.3) is 10.0 Å². The number of halogens is 1. The summed E-state index contributed by atoms with van der Waals surface area (Å²) in [4.78, 5) is 11.4. The quantitative estimate of drug-likeness (QED) is 0.853. The van der Waals surface area contributed by atoms with Gasteiger partial charge in [-0.15, -0.1) is 0 Å². The fourth-order valence-electron chi connectivity index (χ4n) is 2.54. The summed E-state index contributed by atoms with van der Waals surface area (Å²) in [5.74, 6) is -1.22. The fourth-order valence-corrected chi connectivity index (χ4v) is 4.41. The van der Waals surface area contributed by atoms with Gasteiger partial charge in [0.05, 0.1) is 15.5 Å². The van der Waals surface area contributed by atoms with Gasteiger partial charge in [-0.25, -0.2) is 13.2 Å². The van der Waals surface area contributed by atoms with Crippen molar-refractivity contribution in [2.75, 3.05) is 4.72 Å². The maximum Gasteiger partial charge on any atom is 0.337 e. The molecule has 0 aliphatic carbocycles. The number of anilines is 1. The molecule has 5 nitrogen and oxygen atoms in total. The molecule has 0 radical (unpaired) electrons. The molecule has 128 valence electrons. The second-order valence-electron chi connectivity index (χ2n) is 5.69. The summed E-state index contributed by atoms with van der Waals surface area (Å²) in [6.45, 7) is 7.21. The average Bonchev–Trinajstić information content (AvgIpc) is 2.46. The number of carbonyl (C=O) groups is 1. The molecule has 0 aliphatic heterocycles. The van der Waals surface area contributed by atoms with Gasteiger partial charge in [0, 0.05) is 5.69 Å². The maximum absolute atomic E-state index is 12.8. The van der Waals surface area contributed by atoms with Crippen LogP contribution in [0.4, 0.5) is 5.69 Å². The molecule has 0 heterocycles. The number of benzene rings is 2. The minimum atomic E-state index is -3.86. The van der Waals surface area contributed by atoms with E-state index in [1.807, 2.05) is 19.9 Å². The van der Waals surface area contributed by atoms with E-state index in [0.717, 1.165) is 11.1 Å². The zero-order valence-electron chi connectivity index (χ0n) is 13.8. The Labute approximate surface area is 146 Å². The molecule has 0 saturated carbocycles. The van der Waals surface area contributed by atoms with Gasteiger partial charge in [0.1, 0.15) is 0 Å². The monoisotopic (exact) mass is 367 g/mol. The van der Waals surface area contributed by atoms with E-state index in [9.17, 15) is 13.2 Å². The van der Waals surface area contributed by atoms with E-state index in [2.05, 4.69) is 4.72 Å². The number of sulfonamides is 1. The lowest BCUT2D eigenvalue weighted by Gasteiger charge is -2.17. The molecule has 2 N–H and O–H groups in total. The van der Waals surface area contributed by atoms with Crippen LogP contribution >= 0.6 is 11.6 Å². The molecule has 0 saturated heterocycles. The van der Waals surface area contributed by atoms with Crippen LogP contribution in [0.1, 0.15) is 32.6 Å². The summed E-state index contributed by atoms with van der Waals surface area (Å²) < 4.78 is 28.1. The Bertz CT molecular complexity index is 910. The SMILES string of the molecule is Cc1cc(C)c(C)c(S(=O)(=O)Nc2ccc(Cl)c(C(=O)O)c2)c1C. The van der Waals surface area contributed by atoms with E-state index in [4.69, 9.17) is 16.7 Å². The van der Waals surface area contributed by atoms with Crippen molar-refractivity contribution < 1.29 is 18.3 Å². The van der Waals surface area contributed by atoms with Gasteiger partial charge in [0.15, 0.2) is 0 Å². The molecule has 2 aromatic carbocycles. The topological polar surface area (TPSA) is 83.5 Å². The number of rotatable bonds is 4. The Morgan fingerprint density at radius 1 is 1.04 bits per heavy atom. The Morgan fingerprint density at radius 2 is 1.58 bits per heavy atom. The lowest BCUT2D eigenvalue weighted by atomic mass is 10.0. The Balaban J connectivity index is 2.55. The summed E-state index contributed by atoms with van der Waals surface area (Å²) in [5.41, 5.74) is 3.07. The first kappa shape index (κ1) is 18.3. The smallest absolute Gasteiger partial charge is 0.337 e. The first-order chi connectivity index (χ1) is 11.0. The molecule has 2 rings (SSSR count). The number of carboxylic acid groups (broad SMARTS) is 1. The van der Waals surface area contributed by atoms with Gasteiger partial charge in [0.2, 0.25) is 0 Å². The highest BCUT2D eigenvalue weighted by atomic mass is 35.5. The largest absolute Gasteiger partial charge is 0.478 e. The highest BCUT2D eigenvalue weighted by molar-refractivity contribution is 7.92. The van der Waals surface area contributed by atoms with Crippen LogP contribution in [-0.4, -0.2) is 19.5 Å². The Kier molecular flexibility index (Phi) is 4.92. The minimum absolute atomic E-state index is 0.0456. The van der Waals surface area contributed by atoms with E-state index in [1.54, 1.807) is 13.8 Å². The van der Waals surface area contributed by atoms with Crippen LogP contribution in [0.5, 0.6) is 0 Å². The fraction of sp³-hybridized carbons (Fsp3) is 0.235. The van der Waals surface area contributed by atoms with Gasteiger partial charge >= 0.3 is 5.97 Å². The van der Waals surface area contributed by atoms with Gasteiger partial charge in [-0.1, -0.05) is 17.7 Å². The lowest BCUT2D eigenvalue weighted by molar-refractivity contribution is 0.0697. The van der Waals surface area contributed by atoms with Gasteiger partial charge < -0.3 is 5.11 Å². The summed E-state index contributed by atoms with van der Waals surface area (Å²) in [6.07, 6.45) is 0. The molecule has 0 bridgehead atoms. The predicted molar refractivity (Wildman–Crippen MR) is 94.6 cm³/mol. The van der Waals surface area contributed by atoms with Crippen molar-refractivity contribution in [2.45, 2.75) is 32.6 Å². The predicted octanol–water partition coefficient (Wildman–Crippen LogP) is 4.07. The molecule has 2 aromatic rings. The van der Waals surface area contributed by atoms with Crippen molar-refractivity contribution in [2.24, 2.45) is 0 Å². The number of nitrogens with one attached hydrogen (secondary N) is 1. The first-order valence-electron chi connectivity index (χ1n) is 7.17. The van der Waals surface area contributed by atoms with Gasteiger partial charge in [-0.3, -0.25) is 4.72 Å². The first-order valence-corrected chi connectivity index (χ1v) is 9.03. The van der Waals surface area contributed by atoms with Gasteiger partial charge in [-0.05, 0) is 68.1 Å². The van der Waals surface area contributed by atoms with E-state index >= 15 is 0 Å². The van der Waals surface area contributed by atoms with E-state index in [-0.39, 0.29) is 21.2 Å². The van der Waals surface area contributed by atoms with Crippen LogP contribution in [0.25, 0.3) is 0 Å². The molecule has 0 fully saturated rings. The molecule has 0 aromatic heterocycles. The van der Waals surface area contributed by atoms with Crippen LogP contribution in [0, 0.1) is 27.7 Å². The van der Waals surface area contributed by atoms with Crippen LogP contribution in [0.3, 0.4) is 0 Å². The van der Waals surface area contributed by atoms with Gasteiger partial charge in [-0.2, -0.15) is 0 Å². The number of aromatic carboxylic acids is 1. The highest BCUT2D eigenvalue weighted by Crippen LogP contribution is 2.29. The molecular weight excluding hydrogens is 350 g/mol. The van der Waals surface area contributed by atoms with Crippen LogP contribution in [0.15, 0.2) is 29.2 Å². The summed E-state index contributed by atoms with van der Waals surface area (Å²) >= 11 is 5.81. The van der Waals surface area contributed by atoms with Crippen molar-refractivity contribution >= 4 is 33.3 Å². The third kappa shape index (κ3) is 3.39. The van der Waals surface area contributed by atoms with E-state index in [0.29, 0.717) is 11.1 Å². The number of hydrogen-bond acceptors (Lipinski definition) is 3. The summed E-state index contributed by atoms with van der Waals surface area (Å²) in [5, 5.41) is 9.15. The summed E-state index contributed by atoms with van der Waals surface area (Å²) in [6, 6.07) is 5.92. The normalized spacial score (nSPS) is 11.4. The Hall–Kier alpha value is -2.05. The van der Waals surface area contributed by atoms with Crippen molar-refractivity contribution in [3.05, 3.63) is 57.1 Å². The van der Waals surface area contributed by atoms with Crippen molar-refractivity contribution in [3.63, 3.8) is 0 Å². The maximum atomic E-state index is 12.8. The van der Waals surface area contributed by atoms with Crippen LogP contribution in [-0.2, 0) is 10.0 Å². The number of hydrogen-bond donors (Lipinski definition) is 2. The van der Waals surface area contributed by atoms with Crippen LogP contribution in [0.2, 0.25) is 5.02 Å². The molecule has 24 heavy (non-hydrogen) atoms. The molecule has 7 heteroatoms. The molecule has 0 aliphatic rings. The van der Waals surface area contributed by atoms with Crippen LogP contribution < -0.4 is 4.72 Å². The van der Waals surface area contributed by atoms with Crippen molar-refractivity contribution in [3.8, 4) is 0 Å². The molecule has 0 amide bonds. The molecule has 0 unspecified atom stereocenters. The molecule has 0 atom stereocenters. The molecule has 0 spiro atoms. The third-order valence-electron chi connectivity index (χ3n) is 4.01. The van der Waals surface area contributed by atoms with Crippen molar-refractivity contribution in [1.29, 1.82) is 0 Å². The minimum Gasteiger partial charge on any atom is -0.478 e. The Morgan fingerprint density at radius 3 is 2.08 bits per heavy atom. The third-order valence-corrected chi connectivity index (χ3v) is 6.00. The standard InChI is InChI=1S/C17H18ClNO4S/c1-9-7-10(2)12(4)16(11(9)3)24(22,23)19-13-5-6-15(18)14(8-13)17(20)21/h5-8,19H,1-4H3,(H,20,21). The zero-order valence-corrected chi connectivity index (χ0v) is 15.3. The second-order valence-corrected chi connectivity index (χ2v) is 7.72. The molecular formula is C17H18ClNO4S.